The van der Waals surface area contributed by atoms with E-state index in [1.165, 1.54) is 29.8 Å². The summed E-state index contributed by atoms with van der Waals surface area (Å²) >= 11 is 1.89. The van der Waals surface area contributed by atoms with E-state index in [1.54, 1.807) is 4.68 Å². The molecule has 0 spiro atoms. The third kappa shape index (κ3) is 3.01. The molecule has 0 bridgehead atoms. The van der Waals surface area contributed by atoms with Crippen LogP contribution in [0.2, 0.25) is 0 Å². The van der Waals surface area contributed by atoms with Crippen LogP contribution >= 0.6 is 11.8 Å². The summed E-state index contributed by atoms with van der Waals surface area (Å²) < 4.78 is 1.72. The molecule has 0 amide bonds. The molecule has 4 heterocycles. The van der Waals surface area contributed by atoms with Crippen LogP contribution in [0.1, 0.15) is 47.5 Å². The van der Waals surface area contributed by atoms with Gasteiger partial charge in [-0.1, -0.05) is 0 Å². The predicted octanol–water partition coefficient (Wildman–Crippen LogP) is 1.91. The highest BCUT2D eigenvalue weighted by Gasteiger charge is 2.28. The molecule has 0 aromatic carbocycles. The molecule has 5 rings (SSSR count). The first-order chi connectivity index (χ1) is 12.8. The maximum atomic E-state index is 12.5. The SMILES string of the molecule is O=c1cc2c(nn1CC1CCCN1Cc1n[nH]c3c1CCC3)CCSC2. The van der Waals surface area contributed by atoms with Gasteiger partial charge in [-0.25, -0.2) is 4.68 Å². The Kier molecular flexibility index (Phi) is 4.36. The third-order valence-corrected chi connectivity index (χ3v) is 7.04. The molecule has 0 saturated carbocycles. The first-order valence-corrected chi connectivity index (χ1v) is 10.9. The van der Waals surface area contributed by atoms with Crippen LogP contribution in [0.5, 0.6) is 0 Å². The van der Waals surface area contributed by atoms with Gasteiger partial charge in [-0.2, -0.15) is 22.0 Å². The zero-order chi connectivity index (χ0) is 17.5. The molecule has 1 atom stereocenters. The lowest BCUT2D eigenvalue weighted by molar-refractivity contribution is 0.213. The molecule has 2 aromatic heterocycles. The molecule has 2 aromatic rings. The second-order valence-corrected chi connectivity index (χ2v) is 8.79. The zero-order valence-electron chi connectivity index (χ0n) is 15.0. The van der Waals surface area contributed by atoms with Crippen LogP contribution in [-0.2, 0) is 38.1 Å². The number of hydrogen-bond acceptors (Lipinski definition) is 5. The van der Waals surface area contributed by atoms with Crippen LogP contribution in [-0.4, -0.2) is 43.2 Å². The van der Waals surface area contributed by atoms with Crippen LogP contribution in [0.25, 0.3) is 0 Å². The van der Waals surface area contributed by atoms with Crippen molar-refractivity contribution in [1.29, 1.82) is 0 Å². The fourth-order valence-electron chi connectivity index (χ4n) is 4.60. The highest BCUT2D eigenvalue weighted by molar-refractivity contribution is 7.98. The van der Waals surface area contributed by atoms with Crippen LogP contribution in [0, 0.1) is 0 Å². The Labute approximate surface area is 157 Å². The normalized spacial score (nSPS) is 22.5. The highest BCUT2D eigenvalue weighted by Crippen LogP contribution is 2.27. The number of hydrogen-bond donors (Lipinski definition) is 1. The van der Waals surface area contributed by atoms with Crippen molar-refractivity contribution in [2.45, 2.75) is 63.4 Å². The maximum absolute atomic E-state index is 12.5. The molecule has 7 heteroatoms. The van der Waals surface area contributed by atoms with Crippen molar-refractivity contribution in [2.75, 3.05) is 12.3 Å². The van der Waals surface area contributed by atoms with Gasteiger partial charge in [0.25, 0.3) is 5.56 Å². The number of nitrogens with one attached hydrogen (secondary N) is 1. The minimum atomic E-state index is 0.0544. The Morgan fingerprint density at radius 3 is 3.19 bits per heavy atom. The number of likely N-dealkylation sites (tertiary alicyclic amines) is 1. The number of aryl methyl sites for hydroxylation is 2. The van der Waals surface area contributed by atoms with Gasteiger partial charge in [0.15, 0.2) is 0 Å². The smallest absolute Gasteiger partial charge is 0.267 e. The summed E-state index contributed by atoms with van der Waals surface area (Å²) in [5, 5.41) is 12.5. The molecular weight excluding hydrogens is 346 g/mol. The maximum Gasteiger partial charge on any atom is 0.267 e. The van der Waals surface area contributed by atoms with Crippen LogP contribution in [0.15, 0.2) is 10.9 Å². The van der Waals surface area contributed by atoms with E-state index < -0.39 is 0 Å². The van der Waals surface area contributed by atoms with E-state index in [0.717, 1.165) is 61.5 Å². The summed E-state index contributed by atoms with van der Waals surface area (Å²) in [6.45, 7) is 2.68. The average Bonchev–Trinajstić information content (AvgIpc) is 3.35. The van der Waals surface area contributed by atoms with Gasteiger partial charge in [0.05, 0.1) is 17.9 Å². The van der Waals surface area contributed by atoms with Gasteiger partial charge in [0, 0.05) is 36.5 Å². The van der Waals surface area contributed by atoms with Crippen molar-refractivity contribution in [3.63, 3.8) is 0 Å². The van der Waals surface area contributed by atoms with Crippen molar-refractivity contribution < 1.29 is 0 Å². The molecule has 1 aliphatic carbocycles. The third-order valence-electron chi connectivity index (χ3n) is 6.03. The molecule has 1 fully saturated rings. The minimum absolute atomic E-state index is 0.0544. The number of aromatic nitrogens is 4. The number of fused-ring (bicyclic) bond motifs is 2. The Morgan fingerprint density at radius 1 is 1.27 bits per heavy atom. The van der Waals surface area contributed by atoms with Gasteiger partial charge >= 0.3 is 0 Å². The second kappa shape index (κ2) is 6.85. The quantitative estimate of drug-likeness (QED) is 0.889. The molecule has 1 unspecified atom stereocenters. The molecule has 1 saturated heterocycles. The molecule has 26 heavy (non-hydrogen) atoms. The molecule has 0 radical (unpaired) electrons. The van der Waals surface area contributed by atoms with Crippen LogP contribution in [0.4, 0.5) is 0 Å². The largest absolute Gasteiger partial charge is 0.293 e. The van der Waals surface area contributed by atoms with Crippen LogP contribution in [0.3, 0.4) is 0 Å². The molecule has 2 aliphatic heterocycles. The number of aromatic amines is 1. The van der Waals surface area contributed by atoms with Gasteiger partial charge in [0.1, 0.15) is 0 Å². The van der Waals surface area contributed by atoms with E-state index in [4.69, 9.17) is 5.10 Å². The summed E-state index contributed by atoms with van der Waals surface area (Å²) in [4.78, 5) is 15.0. The van der Waals surface area contributed by atoms with E-state index in [2.05, 4.69) is 15.1 Å². The summed E-state index contributed by atoms with van der Waals surface area (Å²) in [5.41, 5.74) is 6.31. The fourth-order valence-corrected chi connectivity index (χ4v) is 5.56. The second-order valence-electron chi connectivity index (χ2n) is 7.69. The molecular formula is C19H25N5OS. The van der Waals surface area contributed by atoms with Crippen molar-refractivity contribution in [1.82, 2.24) is 24.9 Å². The topological polar surface area (TPSA) is 66.8 Å². The summed E-state index contributed by atoms with van der Waals surface area (Å²) in [6, 6.07) is 2.19. The monoisotopic (exact) mass is 371 g/mol. The van der Waals surface area contributed by atoms with Gasteiger partial charge < -0.3 is 0 Å². The Morgan fingerprint density at radius 2 is 2.23 bits per heavy atom. The summed E-state index contributed by atoms with van der Waals surface area (Å²) in [5.74, 6) is 2.04. The van der Waals surface area contributed by atoms with Gasteiger partial charge in [-0.05, 0) is 55.5 Å². The number of nitrogens with zero attached hydrogens (tertiary/aromatic N) is 4. The number of rotatable bonds is 4. The Balaban J connectivity index is 1.34. The first kappa shape index (κ1) is 16.6. The van der Waals surface area contributed by atoms with E-state index in [1.807, 2.05) is 17.8 Å². The van der Waals surface area contributed by atoms with Crippen molar-refractivity contribution in [2.24, 2.45) is 0 Å². The number of H-pyrrole nitrogens is 1. The first-order valence-electron chi connectivity index (χ1n) is 9.74. The predicted molar refractivity (Wildman–Crippen MR) is 102 cm³/mol. The zero-order valence-corrected chi connectivity index (χ0v) is 15.9. The lowest BCUT2D eigenvalue weighted by Gasteiger charge is -2.25. The average molecular weight is 372 g/mol. The molecule has 138 valence electrons. The Hall–Kier alpha value is -1.60. The number of thioether (sulfide) groups is 1. The fraction of sp³-hybridized carbons (Fsp3) is 0.632. The standard InChI is InChI=1S/C19H25N5OS/c25-19-9-13-12-26-8-6-16(13)22-24(19)10-14-3-2-7-23(14)11-18-15-4-1-5-17(15)20-21-18/h9,14H,1-8,10-12H2,(H,20,21). The lowest BCUT2D eigenvalue weighted by Crippen LogP contribution is -2.37. The Bertz CT molecular complexity index is 873. The molecule has 6 nitrogen and oxygen atoms in total. The van der Waals surface area contributed by atoms with Crippen molar-refractivity contribution in [3.8, 4) is 0 Å². The van der Waals surface area contributed by atoms with E-state index in [9.17, 15) is 4.79 Å². The minimum Gasteiger partial charge on any atom is -0.293 e. The van der Waals surface area contributed by atoms with Gasteiger partial charge in [0.2, 0.25) is 0 Å². The van der Waals surface area contributed by atoms with Crippen LogP contribution < -0.4 is 5.56 Å². The molecule has 1 N–H and O–H groups in total. The van der Waals surface area contributed by atoms with E-state index >= 15 is 0 Å². The highest BCUT2D eigenvalue weighted by atomic mass is 32.2. The summed E-state index contributed by atoms with van der Waals surface area (Å²) in [7, 11) is 0. The van der Waals surface area contributed by atoms with E-state index in [-0.39, 0.29) is 5.56 Å². The lowest BCUT2D eigenvalue weighted by atomic mass is 10.1. The molecule has 3 aliphatic rings. The van der Waals surface area contributed by atoms with Crippen molar-refractivity contribution in [3.05, 3.63) is 44.6 Å². The van der Waals surface area contributed by atoms with Crippen molar-refractivity contribution >= 4 is 11.8 Å². The summed E-state index contributed by atoms with van der Waals surface area (Å²) in [6.07, 6.45) is 6.84. The van der Waals surface area contributed by atoms with Gasteiger partial charge in [-0.3, -0.25) is 14.8 Å². The van der Waals surface area contributed by atoms with E-state index in [0.29, 0.717) is 12.6 Å². The van der Waals surface area contributed by atoms with Gasteiger partial charge in [-0.15, -0.1) is 0 Å².